The van der Waals surface area contributed by atoms with E-state index in [1.807, 2.05) is 0 Å². The number of sulfonamides is 2. The van der Waals surface area contributed by atoms with Crippen molar-refractivity contribution in [3.05, 3.63) is 76.5 Å². The van der Waals surface area contributed by atoms with Crippen LogP contribution in [0, 0.1) is 12.7 Å². The van der Waals surface area contributed by atoms with Crippen LogP contribution in [0.25, 0.3) is 0 Å². The number of aryl methyl sites for hydroxylation is 1. The van der Waals surface area contributed by atoms with Crippen molar-refractivity contribution in [3.63, 3.8) is 0 Å². The Morgan fingerprint density at radius 2 is 1.46 bits per heavy atom. The van der Waals surface area contributed by atoms with E-state index in [1.165, 1.54) is 30.5 Å². The predicted molar refractivity (Wildman–Crippen MR) is 131 cm³/mol. The minimum Gasteiger partial charge on any atom is -0.321 e. The van der Waals surface area contributed by atoms with Crippen molar-refractivity contribution in [2.45, 2.75) is 16.7 Å². The van der Waals surface area contributed by atoms with Gasteiger partial charge in [0.2, 0.25) is 0 Å². The third-order valence-corrected chi connectivity index (χ3v) is 9.15. The highest BCUT2D eigenvalue weighted by Gasteiger charge is 2.21. The van der Waals surface area contributed by atoms with E-state index in [1.54, 1.807) is 12.3 Å². The highest BCUT2D eigenvalue weighted by atomic mass is 32.2. The third kappa shape index (κ3) is 5.82. The molecule has 2 heterocycles. The van der Waals surface area contributed by atoms with Crippen molar-refractivity contribution >= 4 is 64.6 Å². The van der Waals surface area contributed by atoms with Crippen LogP contribution in [0.2, 0.25) is 0 Å². The second-order valence-electron chi connectivity index (χ2n) is 6.91. The summed E-state index contributed by atoms with van der Waals surface area (Å²) in [6.07, 6.45) is 1.47. The normalized spacial score (nSPS) is 11.7. The number of carbonyl (C=O) groups excluding carboxylic acids is 1. The zero-order valence-corrected chi connectivity index (χ0v) is 21.0. The number of hydrogen-bond acceptors (Lipinski definition) is 9. The summed E-state index contributed by atoms with van der Waals surface area (Å²) in [5.74, 6) is -1.13. The fourth-order valence-electron chi connectivity index (χ4n) is 2.79. The minimum absolute atomic E-state index is 0.0165. The average molecular weight is 554 g/mol. The van der Waals surface area contributed by atoms with Gasteiger partial charge in [0, 0.05) is 17.3 Å². The van der Waals surface area contributed by atoms with Crippen molar-refractivity contribution in [3.8, 4) is 0 Å². The maximum atomic E-state index is 13.1. The molecule has 2 aromatic carbocycles. The Balaban J connectivity index is 1.45. The topological polar surface area (TPSA) is 147 Å². The summed E-state index contributed by atoms with van der Waals surface area (Å²) in [7, 11) is -7.86. The molecule has 0 aliphatic carbocycles. The second kappa shape index (κ2) is 9.69. The molecule has 0 bridgehead atoms. The van der Waals surface area contributed by atoms with Gasteiger partial charge in [-0.1, -0.05) is 11.3 Å². The summed E-state index contributed by atoms with van der Waals surface area (Å²) >= 11 is 1.96. The van der Waals surface area contributed by atoms with Crippen molar-refractivity contribution in [2.75, 3.05) is 14.8 Å². The maximum Gasteiger partial charge on any atom is 0.267 e. The van der Waals surface area contributed by atoms with Crippen molar-refractivity contribution < 1.29 is 26.0 Å². The lowest BCUT2D eigenvalue weighted by Crippen LogP contribution is -2.14. The van der Waals surface area contributed by atoms with Crippen LogP contribution in [0.4, 0.5) is 20.3 Å². The Morgan fingerprint density at radius 3 is 2.03 bits per heavy atom. The number of aromatic nitrogens is 2. The second-order valence-corrected chi connectivity index (χ2v) is 12.2. The van der Waals surface area contributed by atoms with E-state index in [0.29, 0.717) is 5.69 Å². The number of thiazole rings is 2. The summed E-state index contributed by atoms with van der Waals surface area (Å²) in [5, 5.41) is 4.46. The molecule has 0 saturated carbocycles. The molecule has 1 amide bonds. The SMILES string of the molecule is Cc1nc(NS(=O)(=O)c2ccc(F)cc2)sc1C(=O)Nc1ccc(S(=O)(=O)Nc2nccs2)cc1. The number of nitrogens with one attached hydrogen (secondary N) is 3. The largest absolute Gasteiger partial charge is 0.321 e. The van der Waals surface area contributed by atoms with Crippen LogP contribution in [0.15, 0.2) is 69.9 Å². The molecular weight excluding hydrogens is 538 g/mol. The lowest BCUT2D eigenvalue weighted by Gasteiger charge is -2.07. The molecule has 0 unspecified atom stereocenters. The van der Waals surface area contributed by atoms with Gasteiger partial charge in [-0.05, 0) is 55.5 Å². The first-order chi connectivity index (χ1) is 16.5. The zero-order chi connectivity index (χ0) is 25.2. The van der Waals surface area contributed by atoms with Crippen molar-refractivity contribution in [2.24, 2.45) is 0 Å². The van der Waals surface area contributed by atoms with E-state index in [4.69, 9.17) is 0 Å². The van der Waals surface area contributed by atoms with Gasteiger partial charge in [0.15, 0.2) is 10.3 Å². The van der Waals surface area contributed by atoms with Gasteiger partial charge < -0.3 is 5.32 Å². The van der Waals surface area contributed by atoms with Crippen LogP contribution in [-0.2, 0) is 20.0 Å². The quantitative estimate of drug-likeness (QED) is 0.300. The van der Waals surface area contributed by atoms with Crippen molar-refractivity contribution in [1.29, 1.82) is 0 Å². The van der Waals surface area contributed by atoms with Gasteiger partial charge in [0.25, 0.3) is 26.0 Å². The molecule has 0 atom stereocenters. The Hall–Kier alpha value is -3.40. The van der Waals surface area contributed by atoms with Crippen LogP contribution in [0.3, 0.4) is 0 Å². The molecule has 15 heteroatoms. The molecule has 3 N–H and O–H groups in total. The van der Waals surface area contributed by atoms with Gasteiger partial charge in [-0.15, -0.1) is 11.3 Å². The Kier molecular flexibility index (Phi) is 6.84. The first kappa shape index (κ1) is 24.7. The summed E-state index contributed by atoms with van der Waals surface area (Å²) in [6, 6.07) is 9.76. The van der Waals surface area contributed by atoms with Gasteiger partial charge >= 0.3 is 0 Å². The van der Waals surface area contributed by atoms with Crippen LogP contribution in [0.1, 0.15) is 15.4 Å². The lowest BCUT2D eigenvalue weighted by atomic mass is 10.3. The number of benzene rings is 2. The fraction of sp³-hybridized carbons (Fsp3) is 0.0500. The maximum absolute atomic E-state index is 13.1. The highest BCUT2D eigenvalue weighted by molar-refractivity contribution is 7.93. The number of rotatable bonds is 8. The summed E-state index contributed by atoms with van der Waals surface area (Å²) in [4.78, 5) is 20.7. The molecule has 35 heavy (non-hydrogen) atoms. The first-order valence-corrected chi connectivity index (χ1v) is 14.3. The molecule has 0 aliphatic heterocycles. The Labute approximate surface area is 208 Å². The number of carbonyl (C=O) groups is 1. The minimum atomic E-state index is -4.02. The van der Waals surface area contributed by atoms with Crippen molar-refractivity contribution in [1.82, 2.24) is 9.97 Å². The summed E-state index contributed by atoms with van der Waals surface area (Å²) in [5.41, 5.74) is 0.612. The predicted octanol–water partition coefficient (Wildman–Crippen LogP) is 3.90. The van der Waals surface area contributed by atoms with E-state index in [-0.39, 0.29) is 30.6 Å². The third-order valence-electron chi connectivity index (χ3n) is 4.42. The number of nitrogens with zero attached hydrogens (tertiary/aromatic N) is 2. The molecule has 0 fully saturated rings. The zero-order valence-electron chi connectivity index (χ0n) is 17.7. The van der Waals surface area contributed by atoms with Crippen LogP contribution < -0.4 is 14.8 Å². The summed E-state index contributed by atoms with van der Waals surface area (Å²) < 4.78 is 67.5. The monoisotopic (exact) mass is 553 g/mol. The molecule has 2 aromatic heterocycles. The molecule has 0 saturated heterocycles. The van der Waals surface area contributed by atoms with Gasteiger partial charge in [0.05, 0.1) is 15.5 Å². The smallest absolute Gasteiger partial charge is 0.267 e. The number of hydrogen-bond donors (Lipinski definition) is 3. The fourth-order valence-corrected chi connectivity index (χ4v) is 6.68. The van der Waals surface area contributed by atoms with Crippen LogP contribution in [-0.4, -0.2) is 32.7 Å². The standard InChI is InChI=1S/C20H16FN5O5S4/c1-12-17(33-20(23-12)26-35(30,31)15-6-2-13(21)3-7-15)18(27)24-14-4-8-16(9-5-14)34(28,29)25-19-22-10-11-32-19/h2-11H,1H3,(H,22,25)(H,23,26)(H,24,27). The Morgan fingerprint density at radius 1 is 0.886 bits per heavy atom. The molecule has 0 aliphatic rings. The van der Waals surface area contributed by atoms with Crippen LogP contribution in [0.5, 0.6) is 0 Å². The molecule has 4 aromatic rings. The van der Waals surface area contributed by atoms with E-state index < -0.39 is 31.8 Å². The first-order valence-electron chi connectivity index (χ1n) is 9.63. The van der Waals surface area contributed by atoms with Crippen LogP contribution >= 0.6 is 22.7 Å². The number of anilines is 3. The van der Waals surface area contributed by atoms with E-state index >= 15 is 0 Å². The van der Waals surface area contributed by atoms with Gasteiger partial charge in [0.1, 0.15) is 10.7 Å². The van der Waals surface area contributed by atoms with Gasteiger partial charge in [-0.25, -0.2) is 31.2 Å². The molecular formula is C20H16FN5O5S4. The molecule has 0 spiro atoms. The molecule has 182 valence electrons. The molecule has 4 rings (SSSR count). The lowest BCUT2D eigenvalue weighted by molar-refractivity contribution is 0.102. The van der Waals surface area contributed by atoms with E-state index in [9.17, 15) is 26.0 Å². The molecule has 10 nitrogen and oxygen atoms in total. The van der Waals surface area contributed by atoms with E-state index in [2.05, 4.69) is 24.7 Å². The average Bonchev–Trinajstić information content (AvgIpc) is 3.43. The number of halogens is 1. The van der Waals surface area contributed by atoms with E-state index in [0.717, 1.165) is 46.9 Å². The number of amides is 1. The highest BCUT2D eigenvalue weighted by Crippen LogP contribution is 2.27. The molecule has 0 radical (unpaired) electrons. The van der Waals surface area contributed by atoms with Gasteiger partial charge in [-0.2, -0.15) is 0 Å². The summed E-state index contributed by atoms with van der Waals surface area (Å²) in [6.45, 7) is 1.54. The Bertz CT molecular complexity index is 1570. The van der Waals surface area contributed by atoms with Gasteiger partial charge in [-0.3, -0.25) is 14.2 Å².